The smallest absolute Gasteiger partial charge is 0.219 e. The molecule has 4 rings (SSSR count). The van der Waals surface area contributed by atoms with E-state index in [4.69, 9.17) is 4.74 Å². The number of pyridine rings is 2. The normalized spacial score (nSPS) is 11.4. The van der Waals surface area contributed by atoms with Crippen LogP contribution in [-0.2, 0) is 0 Å². The Morgan fingerprint density at radius 2 is 1.78 bits per heavy atom. The van der Waals surface area contributed by atoms with Crippen LogP contribution >= 0.6 is 0 Å². The monoisotopic (exact) mass is 306 g/mol. The van der Waals surface area contributed by atoms with Gasteiger partial charge < -0.3 is 14.9 Å². The van der Waals surface area contributed by atoms with Crippen molar-refractivity contribution in [1.29, 1.82) is 0 Å². The van der Waals surface area contributed by atoms with Crippen LogP contribution in [0.5, 0.6) is 17.2 Å². The second kappa shape index (κ2) is 4.74. The quantitative estimate of drug-likeness (QED) is 0.322. The van der Waals surface area contributed by atoms with Gasteiger partial charge in [0.1, 0.15) is 5.75 Å². The number of benzene rings is 2. The minimum Gasteiger partial charge on any atom is -0.508 e. The number of hydrogen-bond donors (Lipinski definition) is 2. The molecule has 0 amide bonds. The maximum atomic E-state index is 10.5. The fourth-order valence-electron chi connectivity index (χ4n) is 3.25. The van der Waals surface area contributed by atoms with Gasteiger partial charge >= 0.3 is 0 Å². The molecule has 2 heterocycles. The fraction of sp³-hybridized carbons (Fsp3) is 0.105. The molecule has 0 aliphatic heterocycles. The summed E-state index contributed by atoms with van der Waals surface area (Å²) in [6.45, 7) is 1.97. The molecule has 0 unspecified atom stereocenters. The highest BCUT2D eigenvalue weighted by atomic mass is 16.5. The predicted molar refractivity (Wildman–Crippen MR) is 89.2 cm³/mol. The van der Waals surface area contributed by atoms with Gasteiger partial charge in [0.05, 0.1) is 17.9 Å². The van der Waals surface area contributed by atoms with Crippen molar-refractivity contribution < 1.29 is 19.4 Å². The van der Waals surface area contributed by atoms with Crippen LogP contribution in [-0.4, -0.2) is 17.3 Å². The molecule has 0 aliphatic carbocycles. The molecular formula is C19H16NO3+. The predicted octanol–water partition coefficient (Wildman–Crippen LogP) is 3.46. The van der Waals surface area contributed by atoms with E-state index in [0.717, 1.165) is 32.8 Å². The summed E-state index contributed by atoms with van der Waals surface area (Å²) in [4.78, 5) is 0. The highest BCUT2D eigenvalue weighted by Crippen LogP contribution is 2.36. The molecule has 4 aromatic rings. The summed E-state index contributed by atoms with van der Waals surface area (Å²) in [5, 5.41) is 23.9. The first-order chi connectivity index (χ1) is 11.1. The molecule has 114 valence electrons. The van der Waals surface area contributed by atoms with Crippen molar-refractivity contribution in [2.45, 2.75) is 6.92 Å². The molecule has 2 N–H and O–H groups in total. The molecule has 0 fully saturated rings. The highest BCUT2D eigenvalue weighted by molar-refractivity contribution is 6.00. The van der Waals surface area contributed by atoms with Gasteiger partial charge in [0.15, 0.2) is 23.4 Å². The Bertz CT molecular complexity index is 1090. The average molecular weight is 306 g/mol. The lowest BCUT2D eigenvalue weighted by Crippen LogP contribution is -2.25. The topological polar surface area (TPSA) is 53.8 Å². The van der Waals surface area contributed by atoms with E-state index in [1.807, 2.05) is 41.8 Å². The van der Waals surface area contributed by atoms with E-state index >= 15 is 0 Å². The number of aromatic hydroxyl groups is 2. The summed E-state index contributed by atoms with van der Waals surface area (Å²) in [5.74, 6) is 0.871. The van der Waals surface area contributed by atoms with Gasteiger partial charge in [-0.2, -0.15) is 4.40 Å². The SMILES string of the molecule is COc1ccc2cc3c4ccc(O)cc4cc[n+]3c(C)c2c1O. The van der Waals surface area contributed by atoms with Crippen LogP contribution in [0.3, 0.4) is 0 Å². The molecule has 0 aliphatic rings. The number of rotatable bonds is 1. The third-order valence-corrected chi connectivity index (χ3v) is 4.38. The van der Waals surface area contributed by atoms with E-state index in [2.05, 4.69) is 0 Å². The molecule has 2 aromatic carbocycles. The summed E-state index contributed by atoms with van der Waals surface area (Å²) in [7, 11) is 1.55. The molecule has 4 nitrogen and oxygen atoms in total. The second-order valence-corrected chi connectivity index (χ2v) is 5.65. The van der Waals surface area contributed by atoms with Crippen molar-refractivity contribution in [2.75, 3.05) is 7.11 Å². The first-order valence-electron chi connectivity index (χ1n) is 7.36. The van der Waals surface area contributed by atoms with E-state index in [1.54, 1.807) is 25.3 Å². The van der Waals surface area contributed by atoms with E-state index in [9.17, 15) is 10.2 Å². The van der Waals surface area contributed by atoms with Gasteiger partial charge in [-0.3, -0.25) is 0 Å². The van der Waals surface area contributed by atoms with Crippen molar-refractivity contribution in [1.82, 2.24) is 0 Å². The number of nitrogens with zero attached hydrogens (tertiary/aromatic N) is 1. The summed E-state index contributed by atoms with van der Waals surface area (Å²) in [5.41, 5.74) is 1.96. The van der Waals surface area contributed by atoms with Crippen molar-refractivity contribution in [2.24, 2.45) is 0 Å². The van der Waals surface area contributed by atoms with E-state index in [-0.39, 0.29) is 11.5 Å². The molecule has 0 saturated carbocycles. The van der Waals surface area contributed by atoms with Gasteiger partial charge in [-0.05, 0) is 41.1 Å². The van der Waals surface area contributed by atoms with Crippen LogP contribution in [0, 0.1) is 6.92 Å². The number of aromatic nitrogens is 1. The van der Waals surface area contributed by atoms with Gasteiger partial charge in [0, 0.05) is 19.1 Å². The maximum Gasteiger partial charge on any atom is 0.219 e. The number of hydrogen-bond acceptors (Lipinski definition) is 3. The largest absolute Gasteiger partial charge is 0.508 e. The summed E-state index contributed by atoms with van der Waals surface area (Å²) in [6.07, 6.45) is 1.95. The Balaban J connectivity index is 2.21. The number of fused-ring (bicyclic) bond motifs is 4. The molecule has 0 spiro atoms. The van der Waals surface area contributed by atoms with Crippen molar-refractivity contribution in [3.63, 3.8) is 0 Å². The van der Waals surface area contributed by atoms with Crippen LogP contribution in [0.1, 0.15) is 5.69 Å². The van der Waals surface area contributed by atoms with Crippen LogP contribution in [0.25, 0.3) is 27.1 Å². The van der Waals surface area contributed by atoms with E-state index in [1.165, 1.54) is 0 Å². The van der Waals surface area contributed by atoms with Gasteiger partial charge in [-0.15, -0.1) is 0 Å². The minimum atomic E-state index is 0.155. The molecule has 0 atom stereocenters. The molecule has 0 radical (unpaired) electrons. The standard InChI is InChI=1S/C19H15NO3/c1-11-18-13(3-6-17(23-2)19(18)22)10-16-15-5-4-14(21)9-12(15)7-8-20(11)16/h3-10H,1-2H3,(H,21,22)/p+1. The van der Waals surface area contributed by atoms with E-state index in [0.29, 0.717) is 5.75 Å². The van der Waals surface area contributed by atoms with Gasteiger partial charge in [-0.25, -0.2) is 0 Å². The summed E-state index contributed by atoms with van der Waals surface area (Å²) >= 11 is 0. The first kappa shape index (κ1) is 13.6. The molecule has 2 aromatic heterocycles. The lowest BCUT2D eigenvalue weighted by molar-refractivity contribution is -0.516. The van der Waals surface area contributed by atoms with Crippen LogP contribution < -0.4 is 9.14 Å². The van der Waals surface area contributed by atoms with Crippen molar-refractivity contribution >= 4 is 27.1 Å². The Labute approximate surface area is 132 Å². The van der Waals surface area contributed by atoms with Crippen molar-refractivity contribution in [3.8, 4) is 17.2 Å². The Morgan fingerprint density at radius 3 is 2.57 bits per heavy atom. The Morgan fingerprint density at radius 1 is 0.957 bits per heavy atom. The first-order valence-corrected chi connectivity index (χ1v) is 7.36. The average Bonchev–Trinajstić information content (AvgIpc) is 2.54. The second-order valence-electron chi connectivity index (χ2n) is 5.65. The number of phenolic OH excluding ortho intramolecular Hbond substituents is 2. The zero-order valence-electron chi connectivity index (χ0n) is 12.9. The molecule has 4 heteroatoms. The van der Waals surface area contributed by atoms with Gasteiger partial charge in [-0.1, -0.05) is 0 Å². The maximum absolute atomic E-state index is 10.5. The van der Waals surface area contributed by atoms with Gasteiger partial charge in [0.25, 0.3) is 0 Å². The van der Waals surface area contributed by atoms with Crippen LogP contribution in [0.15, 0.2) is 48.7 Å². The number of aryl methyl sites for hydroxylation is 1. The number of ether oxygens (including phenoxy) is 1. The minimum absolute atomic E-state index is 0.155. The Kier molecular flexibility index (Phi) is 2.81. The van der Waals surface area contributed by atoms with Crippen LogP contribution in [0.4, 0.5) is 0 Å². The van der Waals surface area contributed by atoms with Crippen molar-refractivity contribution in [3.05, 3.63) is 54.4 Å². The highest BCUT2D eigenvalue weighted by Gasteiger charge is 2.19. The van der Waals surface area contributed by atoms with E-state index < -0.39 is 0 Å². The third kappa shape index (κ3) is 1.88. The zero-order valence-corrected chi connectivity index (χ0v) is 12.9. The van der Waals surface area contributed by atoms with Gasteiger partial charge in [0.2, 0.25) is 5.52 Å². The zero-order chi connectivity index (χ0) is 16.1. The molecular weight excluding hydrogens is 290 g/mol. The number of phenols is 2. The molecule has 23 heavy (non-hydrogen) atoms. The van der Waals surface area contributed by atoms with Crippen LogP contribution in [0.2, 0.25) is 0 Å². The number of methoxy groups -OCH3 is 1. The summed E-state index contributed by atoms with van der Waals surface area (Å²) < 4.78 is 7.26. The summed E-state index contributed by atoms with van der Waals surface area (Å²) in [6, 6.07) is 13.1. The lowest BCUT2D eigenvalue weighted by atomic mass is 10.0. The molecule has 0 saturated heterocycles. The molecule has 0 bridgehead atoms. The fourth-order valence-corrected chi connectivity index (χ4v) is 3.25. The Hall–Kier alpha value is -3.01. The lowest BCUT2D eigenvalue weighted by Gasteiger charge is -2.09. The third-order valence-electron chi connectivity index (χ3n) is 4.38.